The summed E-state index contributed by atoms with van der Waals surface area (Å²) in [6, 6.07) is 11.1. The highest BCUT2D eigenvalue weighted by Gasteiger charge is 2.30. The molecule has 0 fully saturated rings. The molecule has 0 bridgehead atoms. The number of hydrogen-bond acceptors (Lipinski definition) is 4. The van der Waals surface area contributed by atoms with Gasteiger partial charge in [-0.3, -0.25) is 9.67 Å². The van der Waals surface area contributed by atoms with E-state index in [-0.39, 0.29) is 18.1 Å². The van der Waals surface area contributed by atoms with Gasteiger partial charge in [0.15, 0.2) is 0 Å². The molecule has 0 spiro atoms. The summed E-state index contributed by atoms with van der Waals surface area (Å²) < 4.78 is 44.5. The number of ether oxygens (including phenoxy) is 1. The molecule has 0 aliphatic heterocycles. The van der Waals surface area contributed by atoms with E-state index in [1.807, 2.05) is 0 Å². The van der Waals surface area contributed by atoms with E-state index in [9.17, 15) is 18.3 Å². The molecular formula is C17H14F3N3O2. The maximum Gasteiger partial charge on any atom is 0.408 e. The Labute approximate surface area is 141 Å². The van der Waals surface area contributed by atoms with Crippen LogP contribution in [-0.2, 0) is 13.2 Å². The minimum Gasteiger partial charge on any atom is -0.508 e. The predicted molar refractivity (Wildman–Crippen MR) is 84.0 cm³/mol. The van der Waals surface area contributed by atoms with E-state index in [4.69, 9.17) is 4.74 Å². The highest BCUT2D eigenvalue weighted by molar-refractivity contribution is 5.58. The van der Waals surface area contributed by atoms with Crippen molar-refractivity contribution in [2.24, 2.45) is 0 Å². The van der Waals surface area contributed by atoms with Crippen molar-refractivity contribution in [3.8, 4) is 22.9 Å². The van der Waals surface area contributed by atoms with Crippen molar-refractivity contribution in [2.45, 2.75) is 19.3 Å². The number of phenolic OH excluding ortho intramolecular Hbond substituents is 1. The number of phenols is 1. The van der Waals surface area contributed by atoms with Crippen molar-refractivity contribution >= 4 is 0 Å². The van der Waals surface area contributed by atoms with E-state index in [0.717, 1.165) is 4.68 Å². The summed E-state index contributed by atoms with van der Waals surface area (Å²) in [5, 5.41) is 13.2. The van der Waals surface area contributed by atoms with Crippen LogP contribution in [0.3, 0.4) is 0 Å². The zero-order chi connectivity index (χ0) is 17.9. The van der Waals surface area contributed by atoms with Gasteiger partial charge in [-0.1, -0.05) is 12.1 Å². The zero-order valence-corrected chi connectivity index (χ0v) is 12.9. The molecule has 8 heteroatoms. The highest BCUT2D eigenvalue weighted by atomic mass is 19.4. The van der Waals surface area contributed by atoms with Crippen molar-refractivity contribution in [3.05, 3.63) is 60.4 Å². The fourth-order valence-corrected chi connectivity index (χ4v) is 2.35. The average Bonchev–Trinajstić information content (AvgIpc) is 2.99. The molecule has 0 saturated heterocycles. The summed E-state index contributed by atoms with van der Waals surface area (Å²) in [7, 11) is 0. The van der Waals surface area contributed by atoms with Crippen LogP contribution in [0.4, 0.5) is 13.2 Å². The molecule has 0 aliphatic carbocycles. The lowest BCUT2D eigenvalue weighted by Crippen LogP contribution is -2.19. The van der Waals surface area contributed by atoms with Crippen LogP contribution in [0.1, 0.15) is 5.56 Å². The monoisotopic (exact) mass is 349 g/mol. The number of nitrogens with zero attached hydrogens (tertiary/aromatic N) is 3. The third kappa shape index (κ3) is 4.28. The Balaban J connectivity index is 1.86. The smallest absolute Gasteiger partial charge is 0.408 e. The summed E-state index contributed by atoms with van der Waals surface area (Å²) >= 11 is 0. The molecule has 0 aliphatic rings. The van der Waals surface area contributed by atoms with Gasteiger partial charge in [0.2, 0.25) is 0 Å². The molecule has 0 saturated carbocycles. The second kappa shape index (κ2) is 6.84. The second-order valence-corrected chi connectivity index (χ2v) is 5.29. The zero-order valence-electron chi connectivity index (χ0n) is 12.9. The quantitative estimate of drug-likeness (QED) is 0.761. The Morgan fingerprint density at radius 1 is 1.08 bits per heavy atom. The van der Waals surface area contributed by atoms with Crippen LogP contribution in [-0.4, -0.2) is 26.0 Å². The largest absolute Gasteiger partial charge is 0.508 e. The molecular weight excluding hydrogens is 335 g/mol. The molecule has 3 aromatic rings. The topological polar surface area (TPSA) is 60.2 Å². The van der Waals surface area contributed by atoms with Gasteiger partial charge in [-0.25, -0.2) is 0 Å². The number of aromatic hydroxyl groups is 1. The number of halogens is 3. The maximum atomic E-state index is 12.7. The van der Waals surface area contributed by atoms with E-state index in [1.54, 1.807) is 24.3 Å². The molecule has 3 rings (SSSR count). The lowest BCUT2D eigenvalue weighted by molar-refractivity contribution is -0.142. The van der Waals surface area contributed by atoms with E-state index >= 15 is 0 Å². The molecule has 0 atom stereocenters. The van der Waals surface area contributed by atoms with Gasteiger partial charge in [0.05, 0.1) is 11.4 Å². The van der Waals surface area contributed by atoms with Gasteiger partial charge in [0.1, 0.15) is 24.7 Å². The van der Waals surface area contributed by atoms with E-state index < -0.39 is 12.7 Å². The fraction of sp³-hybridized carbons (Fsp3) is 0.176. The lowest BCUT2D eigenvalue weighted by atomic mass is 10.1. The molecule has 1 N–H and O–H groups in total. The van der Waals surface area contributed by atoms with Gasteiger partial charge in [-0.15, -0.1) is 0 Å². The van der Waals surface area contributed by atoms with Gasteiger partial charge < -0.3 is 9.84 Å². The first-order valence-electron chi connectivity index (χ1n) is 7.37. The second-order valence-electron chi connectivity index (χ2n) is 5.29. The third-order valence-corrected chi connectivity index (χ3v) is 3.39. The van der Waals surface area contributed by atoms with Crippen LogP contribution in [0.5, 0.6) is 11.5 Å². The Hall–Kier alpha value is -3.03. The maximum absolute atomic E-state index is 12.7. The molecule has 25 heavy (non-hydrogen) atoms. The van der Waals surface area contributed by atoms with Crippen molar-refractivity contribution in [3.63, 3.8) is 0 Å². The first-order valence-corrected chi connectivity index (χ1v) is 7.37. The number of aromatic nitrogens is 3. The molecule has 0 unspecified atom stereocenters. The number of rotatable bonds is 5. The summed E-state index contributed by atoms with van der Waals surface area (Å²) in [4.78, 5) is 4.18. The number of hydrogen-bond donors (Lipinski definition) is 1. The number of alkyl halides is 3. The van der Waals surface area contributed by atoms with E-state index in [0.29, 0.717) is 17.0 Å². The van der Waals surface area contributed by atoms with Crippen LogP contribution in [0.2, 0.25) is 0 Å². The summed E-state index contributed by atoms with van der Waals surface area (Å²) in [6.45, 7) is -1.11. The molecule has 1 aromatic carbocycles. The molecule has 0 radical (unpaired) electrons. The number of pyridine rings is 1. The van der Waals surface area contributed by atoms with Crippen LogP contribution < -0.4 is 4.74 Å². The highest BCUT2D eigenvalue weighted by Crippen LogP contribution is 2.26. The standard InChI is InChI=1S/C17H14F3N3O2/c18-17(19,20)11-23-15(6-8-22-23)16-12(3-2-7-21-16)10-25-14-5-1-4-13(24)9-14/h1-9,24H,10-11H2. The molecule has 130 valence electrons. The Kier molecular flexibility index (Phi) is 4.60. The molecule has 2 heterocycles. The summed E-state index contributed by atoms with van der Waals surface area (Å²) in [5.74, 6) is 0.505. The SMILES string of the molecule is Oc1cccc(OCc2cccnc2-c2ccnn2CC(F)(F)F)c1. The van der Waals surface area contributed by atoms with Crippen LogP contribution in [0, 0.1) is 0 Å². The van der Waals surface area contributed by atoms with Gasteiger partial charge >= 0.3 is 6.18 Å². The van der Waals surface area contributed by atoms with Crippen molar-refractivity contribution in [1.29, 1.82) is 0 Å². The lowest BCUT2D eigenvalue weighted by Gasteiger charge is -2.13. The minimum absolute atomic E-state index is 0.0622. The van der Waals surface area contributed by atoms with Gasteiger partial charge in [0.25, 0.3) is 0 Å². The Morgan fingerprint density at radius 3 is 2.68 bits per heavy atom. The Bertz CT molecular complexity index is 862. The third-order valence-electron chi connectivity index (χ3n) is 3.39. The van der Waals surface area contributed by atoms with E-state index in [2.05, 4.69) is 10.1 Å². The van der Waals surface area contributed by atoms with Gasteiger partial charge in [-0.05, 0) is 24.3 Å². The first kappa shape index (κ1) is 16.8. The first-order chi connectivity index (χ1) is 11.9. The van der Waals surface area contributed by atoms with Crippen molar-refractivity contribution in [2.75, 3.05) is 0 Å². The van der Waals surface area contributed by atoms with Crippen LogP contribution in [0.25, 0.3) is 11.4 Å². The van der Waals surface area contributed by atoms with Crippen LogP contribution in [0.15, 0.2) is 54.9 Å². The van der Waals surface area contributed by atoms with Crippen molar-refractivity contribution in [1.82, 2.24) is 14.8 Å². The molecule has 0 amide bonds. The van der Waals surface area contributed by atoms with E-state index in [1.165, 1.54) is 30.6 Å². The van der Waals surface area contributed by atoms with Gasteiger partial charge in [0, 0.05) is 24.0 Å². The van der Waals surface area contributed by atoms with Gasteiger partial charge in [-0.2, -0.15) is 18.3 Å². The number of benzene rings is 1. The molecule has 2 aromatic heterocycles. The normalized spacial score (nSPS) is 11.5. The Morgan fingerprint density at radius 2 is 1.92 bits per heavy atom. The predicted octanol–water partition coefficient (Wildman–Crippen LogP) is 3.79. The average molecular weight is 349 g/mol. The fourth-order valence-electron chi connectivity index (χ4n) is 2.35. The minimum atomic E-state index is -4.38. The van der Waals surface area contributed by atoms with Crippen molar-refractivity contribution < 1.29 is 23.0 Å². The molecule has 5 nitrogen and oxygen atoms in total. The van der Waals surface area contributed by atoms with Crippen LogP contribution >= 0.6 is 0 Å². The summed E-state index contributed by atoms with van der Waals surface area (Å²) in [6.07, 6.45) is -1.58. The summed E-state index contributed by atoms with van der Waals surface area (Å²) in [5.41, 5.74) is 1.23.